The molecule has 0 saturated heterocycles. The van der Waals surface area contributed by atoms with Crippen LogP contribution < -0.4 is 10.1 Å². The number of aromatic nitrogens is 2. The van der Waals surface area contributed by atoms with Crippen LogP contribution in [0.2, 0.25) is 0 Å². The Kier molecular flexibility index (Phi) is 4.87. The molecule has 2 rings (SSSR count). The van der Waals surface area contributed by atoms with Gasteiger partial charge in [-0.2, -0.15) is 0 Å². The Labute approximate surface area is 121 Å². The van der Waals surface area contributed by atoms with E-state index < -0.39 is 0 Å². The average molecular weight is 322 g/mol. The summed E-state index contributed by atoms with van der Waals surface area (Å²) in [5.74, 6) is 1.51. The van der Waals surface area contributed by atoms with E-state index >= 15 is 0 Å². The van der Waals surface area contributed by atoms with Crippen molar-refractivity contribution in [1.29, 1.82) is 0 Å². The van der Waals surface area contributed by atoms with Crippen molar-refractivity contribution in [2.24, 2.45) is 0 Å². The summed E-state index contributed by atoms with van der Waals surface area (Å²) in [6.45, 7) is 2.45. The molecular weight excluding hydrogens is 306 g/mol. The van der Waals surface area contributed by atoms with Gasteiger partial charge >= 0.3 is 0 Å². The zero-order chi connectivity index (χ0) is 13.7. The lowest BCUT2D eigenvalue weighted by atomic mass is 10.1. The van der Waals surface area contributed by atoms with Crippen LogP contribution in [0.4, 0.5) is 0 Å². The van der Waals surface area contributed by atoms with Crippen LogP contribution in [0.1, 0.15) is 24.4 Å². The molecule has 100 valence electrons. The van der Waals surface area contributed by atoms with Crippen molar-refractivity contribution in [3.8, 4) is 5.75 Å². The van der Waals surface area contributed by atoms with E-state index in [1.807, 2.05) is 25.2 Å². The molecule has 1 atom stereocenters. The average Bonchev–Trinajstić information content (AvgIpc) is 2.45. The van der Waals surface area contributed by atoms with E-state index in [1.165, 1.54) is 0 Å². The maximum atomic E-state index is 5.83. The fourth-order valence-corrected chi connectivity index (χ4v) is 2.03. The summed E-state index contributed by atoms with van der Waals surface area (Å²) in [4.78, 5) is 8.29. The van der Waals surface area contributed by atoms with Crippen molar-refractivity contribution in [3.05, 3.63) is 52.5 Å². The summed E-state index contributed by atoms with van der Waals surface area (Å²) in [5, 5.41) is 3.21. The Morgan fingerprint density at radius 2 is 2.05 bits per heavy atom. The number of nitrogens with one attached hydrogen (secondary N) is 1. The minimum absolute atomic E-state index is 0.222. The van der Waals surface area contributed by atoms with Crippen molar-refractivity contribution < 1.29 is 4.74 Å². The third kappa shape index (κ3) is 3.75. The largest absolute Gasteiger partial charge is 0.485 e. The van der Waals surface area contributed by atoms with Gasteiger partial charge in [0.2, 0.25) is 0 Å². The Balaban J connectivity index is 2.16. The van der Waals surface area contributed by atoms with Crippen LogP contribution in [-0.4, -0.2) is 17.0 Å². The number of ether oxygens (including phenoxy) is 1. The predicted molar refractivity (Wildman–Crippen MR) is 78.0 cm³/mol. The van der Waals surface area contributed by atoms with E-state index in [0.717, 1.165) is 15.8 Å². The lowest BCUT2D eigenvalue weighted by Gasteiger charge is -2.16. The molecule has 1 heterocycles. The normalized spacial score (nSPS) is 12.2. The molecule has 0 aliphatic rings. The smallest absolute Gasteiger partial charge is 0.166 e. The zero-order valence-corrected chi connectivity index (χ0v) is 12.5. The van der Waals surface area contributed by atoms with Crippen LogP contribution in [0.5, 0.6) is 5.75 Å². The second-order valence-corrected chi connectivity index (χ2v) is 5.06. The van der Waals surface area contributed by atoms with Crippen molar-refractivity contribution in [2.45, 2.75) is 19.6 Å². The minimum atomic E-state index is 0.222. The third-order valence-corrected chi connectivity index (χ3v) is 3.34. The first-order valence-electron chi connectivity index (χ1n) is 6.06. The van der Waals surface area contributed by atoms with Crippen LogP contribution >= 0.6 is 15.9 Å². The number of nitrogens with zero attached hydrogens (tertiary/aromatic N) is 2. The minimum Gasteiger partial charge on any atom is -0.485 e. The number of hydrogen-bond donors (Lipinski definition) is 1. The van der Waals surface area contributed by atoms with E-state index in [4.69, 9.17) is 4.74 Å². The molecule has 1 aromatic carbocycles. The number of benzene rings is 1. The SMILES string of the molecule is CNC(C)c1ccc(Br)cc1OCc1ncccn1. The molecule has 1 aromatic heterocycles. The Bertz CT molecular complexity index is 533. The molecule has 0 radical (unpaired) electrons. The molecule has 0 bridgehead atoms. The van der Waals surface area contributed by atoms with Crippen molar-refractivity contribution >= 4 is 15.9 Å². The molecule has 0 aliphatic heterocycles. The van der Waals surface area contributed by atoms with E-state index in [9.17, 15) is 0 Å². The quantitative estimate of drug-likeness (QED) is 0.919. The first-order valence-corrected chi connectivity index (χ1v) is 6.85. The highest BCUT2D eigenvalue weighted by molar-refractivity contribution is 9.10. The van der Waals surface area contributed by atoms with Crippen LogP contribution in [0.25, 0.3) is 0 Å². The summed E-state index contributed by atoms with van der Waals surface area (Å²) < 4.78 is 6.82. The summed E-state index contributed by atoms with van der Waals surface area (Å²) >= 11 is 3.46. The first kappa shape index (κ1) is 14.0. The maximum Gasteiger partial charge on any atom is 0.166 e. The molecule has 1 N–H and O–H groups in total. The van der Waals surface area contributed by atoms with Crippen LogP contribution in [0.3, 0.4) is 0 Å². The molecular formula is C14H16BrN3O. The van der Waals surface area contributed by atoms with E-state index in [1.54, 1.807) is 18.5 Å². The lowest BCUT2D eigenvalue weighted by Crippen LogP contribution is -2.14. The van der Waals surface area contributed by atoms with Crippen LogP contribution in [0, 0.1) is 0 Å². The maximum absolute atomic E-state index is 5.83. The summed E-state index contributed by atoms with van der Waals surface area (Å²) in [6.07, 6.45) is 3.42. The van der Waals surface area contributed by atoms with Crippen LogP contribution in [0.15, 0.2) is 41.1 Å². The predicted octanol–water partition coefficient (Wildman–Crippen LogP) is 3.10. The van der Waals surface area contributed by atoms with E-state index in [0.29, 0.717) is 12.4 Å². The van der Waals surface area contributed by atoms with Gasteiger partial charge in [-0.25, -0.2) is 9.97 Å². The highest BCUT2D eigenvalue weighted by Crippen LogP contribution is 2.28. The Hall–Kier alpha value is -1.46. The Morgan fingerprint density at radius 3 is 2.74 bits per heavy atom. The third-order valence-electron chi connectivity index (χ3n) is 2.85. The highest BCUT2D eigenvalue weighted by Gasteiger charge is 2.11. The van der Waals surface area contributed by atoms with Crippen molar-refractivity contribution in [1.82, 2.24) is 15.3 Å². The molecule has 1 unspecified atom stereocenters. The molecule has 0 spiro atoms. The molecule has 2 aromatic rings. The fraction of sp³-hybridized carbons (Fsp3) is 0.286. The van der Waals surface area contributed by atoms with Gasteiger partial charge in [-0.1, -0.05) is 22.0 Å². The molecule has 0 saturated carbocycles. The van der Waals surface area contributed by atoms with Gasteiger partial charge in [0.1, 0.15) is 12.4 Å². The number of rotatable bonds is 5. The van der Waals surface area contributed by atoms with Gasteiger partial charge in [0.05, 0.1) is 0 Å². The lowest BCUT2D eigenvalue weighted by molar-refractivity contribution is 0.290. The summed E-state index contributed by atoms with van der Waals surface area (Å²) in [6, 6.07) is 8.03. The van der Waals surface area contributed by atoms with E-state index in [2.05, 4.69) is 38.1 Å². The van der Waals surface area contributed by atoms with Gasteiger partial charge in [0, 0.05) is 28.5 Å². The second-order valence-electron chi connectivity index (χ2n) is 4.15. The Morgan fingerprint density at radius 1 is 1.32 bits per heavy atom. The topological polar surface area (TPSA) is 47.0 Å². The molecule has 0 aliphatic carbocycles. The summed E-state index contributed by atoms with van der Waals surface area (Å²) in [7, 11) is 1.93. The molecule has 0 fully saturated rings. The fourth-order valence-electron chi connectivity index (χ4n) is 1.69. The zero-order valence-electron chi connectivity index (χ0n) is 10.9. The van der Waals surface area contributed by atoms with Crippen LogP contribution in [-0.2, 0) is 6.61 Å². The molecule has 5 heteroatoms. The number of hydrogen-bond acceptors (Lipinski definition) is 4. The van der Waals surface area contributed by atoms with Gasteiger partial charge in [-0.05, 0) is 32.2 Å². The molecule has 0 amide bonds. The monoisotopic (exact) mass is 321 g/mol. The van der Waals surface area contributed by atoms with Gasteiger partial charge in [-0.15, -0.1) is 0 Å². The van der Waals surface area contributed by atoms with Crippen molar-refractivity contribution in [3.63, 3.8) is 0 Å². The van der Waals surface area contributed by atoms with Crippen molar-refractivity contribution in [2.75, 3.05) is 7.05 Å². The first-order chi connectivity index (χ1) is 9.20. The number of halogens is 1. The van der Waals surface area contributed by atoms with Gasteiger partial charge in [-0.3, -0.25) is 0 Å². The van der Waals surface area contributed by atoms with Gasteiger partial charge in [0.15, 0.2) is 5.82 Å². The van der Waals surface area contributed by atoms with E-state index in [-0.39, 0.29) is 6.04 Å². The van der Waals surface area contributed by atoms with Gasteiger partial charge in [0.25, 0.3) is 0 Å². The van der Waals surface area contributed by atoms with Gasteiger partial charge < -0.3 is 10.1 Å². The standard InChI is InChI=1S/C14H16BrN3O/c1-10(16-2)12-5-4-11(15)8-13(12)19-9-14-17-6-3-7-18-14/h3-8,10,16H,9H2,1-2H3. The molecule has 4 nitrogen and oxygen atoms in total. The summed E-state index contributed by atoms with van der Waals surface area (Å²) in [5.41, 5.74) is 1.11. The molecule has 19 heavy (non-hydrogen) atoms. The highest BCUT2D eigenvalue weighted by atomic mass is 79.9. The second kappa shape index (κ2) is 6.63.